The largest absolute Gasteiger partial charge is 0.492 e. The first-order valence-electron chi connectivity index (χ1n) is 12.9. The lowest BCUT2D eigenvalue weighted by Crippen LogP contribution is -2.38. The second-order valence-electron chi connectivity index (χ2n) is 9.65. The second kappa shape index (κ2) is 11.3. The summed E-state index contributed by atoms with van der Waals surface area (Å²) in [5.41, 5.74) is 1.76. The second-order valence-corrected chi connectivity index (χ2v) is 9.65. The van der Waals surface area contributed by atoms with Crippen molar-refractivity contribution < 1.29 is 18.7 Å². The van der Waals surface area contributed by atoms with E-state index in [1.54, 1.807) is 6.07 Å². The first kappa shape index (κ1) is 24.5. The van der Waals surface area contributed by atoms with Gasteiger partial charge in [0.2, 0.25) is 0 Å². The van der Waals surface area contributed by atoms with E-state index in [2.05, 4.69) is 22.0 Å². The van der Waals surface area contributed by atoms with E-state index < -0.39 is 5.82 Å². The Balaban J connectivity index is 1.32. The molecule has 5 rings (SSSR count). The predicted molar refractivity (Wildman–Crippen MR) is 142 cm³/mol. The minimum atomic E-state index is -0.399. The minimum absolute atomic E-state index is 0.317. The van der Waals surface area contributed by atoms with Gasteiger partial charge in [-0.1, -0.05) is 24.3 Å². The molecule has 2 fully saturated rings. The number of carbonyl (C=O) groups excluding carboxylic acids is 1. The van der Waals surface area contributed by atoms with Crippen molar-refractivity contribution in [1.29, 1.82) is 0 Å². The van der Waals surface area contributed by atoms with Gasteiger partial charge in [-0.15, -0.1) is 0 Å². The molecule has 2 saturated heterocycles. The van der Waals surface area contributed by atoms with Gasteiger partial charge in [0.15, 0.2) is 0 Å². The highest BCUT2D eigenvalue weighted by atomic mass is 19.1. The number of nitrogens with one attached hydrogen (secondary N) is 1. The third kappa shape index (κ3) is 5.63. The number of benzene rings is 3. The molecule has 0 bridgehead atoms. The average molecular weight is 492 g/mol. The molecular weight excluding hydrogens is 457 g/mol. The molecular formula is C29H34FN3O3. The zero-order valence-electron chi connectivity index (χ0n) is 20.8. The van der Waals surface area contributed by atoms with E-state index in [0.29, 0.717) is 23.9 Å². The van der Waals surface area contributed by atoms with Crippen molar-refractivity contribution in [3.63, 3.8) is 0 Å². The zero-order chi connectivity index (χ0) is 24.9. The molecule has 2 aliphatic heterocycles. The molecule has 0 saturated carbocycles. The number of hydrogen-bond acceptors (Lipinski definition) is 5. The van der Waals surface area contributed by atoms with E-state index in [-0.39, 0.29) is 5.91 Å². The van der Waals surface area contributed by atoms with Gasteiger partial charge in [-0.3, -0.25) is 9.69 Å². The van der Waals surface area contributed by atoms with Crippen molar-refractivity contribution in [2.45, 2.75) is 32.2 Å². The fourth-order valence-corrected chi connectivity index (χ4v) is 5.16. The van der Waals surface area contributed by atoms with Crippen LogP contribution in [-0.4, -0.2) is 62.8 Å². The summed E-state index contributed by atoms with van der Waals surface area (Å²) in [6.45, 7) is 7.83. The summed E-state index contributed by atoms with van der Waals surface area (Å²) < 4.78 is 26.1. The minimum Gasteiger partial charge on any atom is -0.492 e. The van der Waals surface area contributed by atoms with Crippen molar-refractivity contribution in [2.24, 2.45) is 0 Å². The first-order valence-corrected chi connectivity index (χ1v) is 12.9. The van der Waals surface area contributed by atoms with E-state index in [0.717, 1.165) is 74.4 Å². The van der Waals surface area contributed by atoms with Gasteiger partial charge in [0.1, 0.15) is 18.2 Å². The van der Waals surface area contributed by atoms with Gasteiger partial charge in [-0.2, -0.15) is 0 Å². The number of rotatable bonds is 7. The van der Waals surface area contributed by atoms with Gasteiger partial charge in [-0.05, 0) is 56.5 Å². The smallest absolute Gasteiger partial charge is 0.255 e. The molecule has 0 spiro atoms. The van der Waals surface area contributed by atoms with Crippen molar-refractivity contribution >= 4 is 28.1 Å². The molecule has 3 aromatic rings. The molecule has 0 aliphatic carbocycles. The summed E-state index contributed by atoms with van der Waals surface area (Å²) in [6.07, 6.45) is 3.33. The highest BCUT2D eigenvalue weighted by molar-refractivity contribution is 6.10. The number of anilines is 2. The van der Waals surface area contributed by atoms with Gasteiger partial charge in [-0.25, -0.2) is 4.39 Å². The maximum absolute atomic E-state index is 14.5. The van der Waals surface area contributed by atoms with Gasteiger partial charge in [0.25, 0.3) is 5.91 Å². The van der Waals surface area contributed by atoms with Crippen LogP contribution in [-0.2, 0) is 4.74 Å². The Bertz CT molecular complexity index is 1210. The van der Waals surface area contributed by atoms with Crippen LogP contribution in [0.25, 0.3) is 10.8 Å². The normalized spacial score (nSPS) is 18.8. The fourth-order valence-electron chi connectivity index (χ4n) is 5.16. The van der Waals surface area contributed by atoms with Crippen LogP contribution in [0.1, 0.15) is 36.5 Å². The summed E-state index contributed by atoms with van der Waals surface area (Å²) >= 11 is 0. The summed E-state index contributed by atoms with van der Waals surface area (Å²) in [4.78, 5) is 17.7. The number of hydrogen-bond donors (Lipinski definition) is 1. The van der Waals surface area contributed by atoms with Crippen molar-refractivity contribution in [2.75, 3.05) is 56.2 Å². The van der Waals surface area contributed by atoms with E-state index in [1.165, 1.54) is 18.6 Å². The number of fused-ring (bicyclic) bond motifs is 1. The van der Waals surface area contributed by atoms with Crippen LogP contribution in [0.5, 0.6) is 5.75 Å². The quantitative estimate of drug-likeness (QED) is 0.485. The summed E-state index contributed by atoms with van der Waals surface area (Å²) in [7, 11) is 0. The monoisotopic (exact) mass is 491 g/mol. The number of ether oxygens (including phenoxy) is 2. The molecule has 36 heavy (non-hydrogen) atoms. The summed E-state index contributed by atoms with van der Waals surface area (Å²) in [5, 5.41) is 4.82. The molecule has 7 heteroatoms. The Hall–Kier alpha value is -3.16. The van der Waals surface area contributed by atoms with E-state index in [1.807, 2.05) is 36.4 Å². The van der Waals surface area contributed by atoms with Crippen LogP contribution < -0.4 is 15.0 Å². The average Bonchev–Trinajstić information content (AvgIpc) is 2.90. The van der Waals surface area contributed by atoms with Crippen LogP contribution in [0.2, 0.25) is 0 Å². The van der Waals surface area contributed by atoms with Crippen LogP contribution in [0.3, 0.4) is 0 Å². The van der Waals surface area contributed by atoms with E-state index in [9.17, 15) is 9.18 Å². The number of carbonyl (C=O) groups is 1. The van der Waals surface area contributed by atoms with Crippen molar-refractivity contribution in [3.05, 3.63) is 66.0 Å². The Kier molecular flexibility index (Phi) is 7.68. The lowest BCUT2D eigenvalue weighted by atomic mass is 10.0. The predicted octanol–water partition coefficient (Wildman–Crippen LogP) is 5.32. The van der Waals surface area contributed by atoms with Gasteiger partial charge >= 0.3 is 0 Å². The highest BCUT2D eigenvalue weighted by Gasteiger charge is 2.21. The number of halogens is 1. The fraction of sp³-hybridized carbons (Fsp3) is 0.414. The van der Waals surface area contributed by atoms with Crippen LogP contribution in [0.4, 0.5) is 15.8 Å². The summed E-state index contributed by atoms with van der Waals surface area (Å²) in [6, 6.07) is 16.6. The number of morpholine rings is 1. The standard InChI is InChI=1S/C29H34FN3O3/c1-21-6-4-5-11-33(21)24-19-22(18-23(30)20-24)29(34)31-27-9-10-28(26-8-3-2-7-25(26)27)36-17-14-32-12-15-35-16-13-32/h2-3,7-10,18-21H,4-6,11-17H2,1H3,(H,31,34). The molecule has 2 aliphatic rings. The molecule has 1 N–H and O–H groups in total. The third-order valence-electron chi connectivity index (χ3n) is 7.18. The molecule has 3 aromatic carbocycles. The van der Waals surface area contributed by atoms with Gasteiger partial charge in [0.05, 0.1) is 13.2 Å². The molecule has 1 amide bonds. The highest BCUT2D eigenvalue weighted by Crippen LogP contribution is 2.32. The lowest BCUT2D eigenvalue weighted by molar-refractivity contribution is 0.0323. The zero-order valence-corrected chi connectivity index (χ0v) is 20.8. The van der Waals surface area contributed by atoms with Crippen LogP contribution in [0.15, 0.2) is 54.6 Å². The van der Waals surface area contributed by atoms with Crippen LogP contribution >= 0.6 is 0 Å². The van der Waals surface area contributed by atoms with Crippen LogP contribution in [0, 0.1) is 5.82 Å². The first-order chi connectivity index (χ1) is 17.6. The van der Waals surface area contributed by atoms with Gasteiger partial charge < -0.3 is 19.7 Å². The Morgan fingerprint density at radius 2 is 1.86 bits per heavy atom. The molecule has 0 radical (unpaired) electrons. The summed E-state index contributed by atoms with van der Waals surface area (Å²) in [5.74, 6) is 0.0554. The molecule has 0 aromatic heterocycles. The number of piperidine rings is 1. The van der Waals surface area contributed by atoms with Crippen molar-refractivity contribution in [1.82, 2.24) is 4.90 Å². The Labute approximate surface area is 212 Å². The maximum Gasteiger partial charge on any atom is 0.255 e. The van der Waals surface area contributed by atoms with E-state index >= 15 is 0 Å². The molecule has 190 valence electrons. The Morgan fingerprint density at radius 3 is 2.67 bits per heavy atom. The SMILES string of the molecule is CC1CCCCN1c1cc(F)cc(C(=O)Nc2ccc(OCCN3CCOCC3)c3ccccc23)c1. The molecule has 6 nitrogen and oxygen atoms in total. The topological polar surface area (TPSA) is 54.0 Å². The van der Waals surface area contributed by atoms with Crippen molar-refractivity contribution in [3.8, 4) is 5.75 Å². The van der Waals surface area contributed by atoms with Gasteiger partial charge in [0, 0.05) is 59.9 Å². The Morgan fingerprint density at radius 1 is 1.06 bits per heavy atom. The number of amides is 1. The molecule has 1 atom stereocenters. The molecule has 1 unspecified atom stereocenters. The van der Waals surface area contributed by atoms with E-state index in [4.69, 9.17) is 9.47 Å². The lowest BCUT2D eigenvalue weighted by Gasteiger charge is -2.35. The maximum atomic E-state index is 14.5. The number of nitrogens with zero attached hydrogens (tertiary/aromatic N) is 2. The third-order valence-corrected chi connectivity index (χ3v) is 7.18. The molecule has 2 heterocycles.